The molecule has 1 aliphatic rings. The predicted octanol–water partition coefficient (Wildman–Crippen LogP) is 5.59. The zero-order valence-electron chi connectivity index (χ0n) is 19.0. The number of benzene rings is 3. The van der Waals surface area contributed by atoms with Crippen LogP contribution in [0.4, 0.5) is 11.4 Å². The Labute approximate surface area is 213 Å². The number of methoxy groups -OCH3 is 1. The Morgan fingerprint density at radius 2 is 1.85 bits per heavy atom. The Morgan fingerprint density at radius 1 is 1.15 bits per heavy atom. The van der Waals surface area contributed by atoms with E-state index in [1.165, 1.54) is 7.11 Å². The molecule has 0 aromatic heterocycles. The first-order valence-electron chi connectivity index (χ1n) is 10.6. The molecule has 9 heteroatoms. The van der Waals surface area contributed by atoms with E-state index in [4.69, 9.17) is 16.3 Å². The number of amides is 1. The number of rotatable bonds is 6. The molecule has 34 heavy (non-hydrogen) atoms. The van der Waals surface area contributed by atoms with Gasteiger partial charge in [0.15, 0.2) is 0 Å². The molecule has 0 aliphatic carbocycles. The van der Waals surface area contributed by atoms with Crippen LogP contribution in [0.5, 0.6) is 5.75 Å². The predicted molar refractivity (Wildman–Crippen MR) is 139 cm³/mol. The second kappa shape index (κ2) is 9.60. The van der Waals surface area contributed by atoms with Gasteiger partial charge in [0.05, 0.1) is 12.8 Å². The highest BCUT2D eigenvalue weighted by atomic mass is 79.9. The Balaban J connectivity index is 1.77. The normalized spacial score (nSPS) is 15.2. The maximum Gasteiger partial charge on any atom is 0.268 e. The molecule has 1 heterocycles. The lowest BCUT2D eigenvalue weighted by atomic mass is 10.1. The minimum atomic E-state index is -4.15. The molecule has 3 aromatic carbocycles. The summed E-state index contributed by atoms with van der Waals surface area (Å²) in [7, 11) is -2.73. The van der Waals surface area contributed by atoms with E-state index in [-0.39, 0.29) is 29.1 Å². The third-order valence-corrected chi connectivity index (χ3v) is 8.35. The van der Waals surface area contributed by atoms with Crippen molar-refractivity contribution in [3.05, 3.63) is 81.3 Å². The van der Waals surface area contributed by atoms with Crippen LogP contribution < -0.4 is 13.9 Å². The highest BCUT2D eigenvalue weighted by molar-refractivity contribution is 9.10. The van der Waals surface area contributed by atoms with E-state index in [1.54, 1.807) is 54.3 Å². The summed E-state index contributed by atoms with van der Waals surface area (Å²) in [6.45, 7) is 3.38. The largest absolute Gasteiger partial charge is 0.495 e. The van der Waals surface area contributed by atoms with Gasteiger partial charge in [-0.15, -0.1) is 0 Å². The summed E-state index contributed by atoms with van der Waals surface area (Å²) in [6.07, 6.45) is 0.694. The van der Waals surface area contributed by atoms with Crippen LogP contribution in [0, 0.1) is 6.92 Å². The Kier molecular flexibility index (Phi) is 6.94. The molecule has 178 valence electrons. The number of sulfonamides is 1. The molecule has 0 fully saturated rings. The fraction of sp³-hybridized carbons (Fsp3) is 0.240. The summed E-state index contributed by atoms with van der Waals surface area (Å²) in [5.74, 6) is -0.111. The van der Waals surface area contributed by atoms with E-state index in [0.717, 1.165) is 25.6 Å². The van der Waals surface area contributed by atoms with E-state index in [0.29, 0.717) is 17.1 Å². The quantitative estimate of drug-likeness (QED) is 0.392. The van der Waals surface area contributed by atoms with Crippen molar-refractivity contribution in [3.63, 3.8) is 0 Å². The van der Waals surface area contributed by atoms with Gasteiger partial charge in [0.1, 0.15) is 17.2 Å². The summed E-state index contributed by atoms with van der Waals surface area (Å²) in [5, 5.41) is 0.466. The van der Waals surface area contributed by atoms with Crippen LogP contribution in [0.2, 0.25) is 5.02 Å². The Bertz CT molecular complexity index is 1350. The van der Waals surface area contributed by atoms with Crippen LogP contribution in [-0.2, 0) is 21.2 Å². The van der Waals surface area contributed by atoms with Crippen LogP contribution >= 0.6 is 27.5 Å². The fourth-order valence-electron chi connectivity index (χ4n) is 4.21. The van der Waals surface area contributed by atoms with Gasteiger partial charge in [0.25, 0.3) is 10.0 Å². The number of nitrogens with zero attached hydrogens (tertiary/aromatic N) is 2. The molecule has 1 atom stereocenters. The maximum atomic E-state index is 13.9. The highest BCUT2D eigenvalue weighted by Crippen LogP contribution is 2.36. The Morgan fingerprint density at radius 3 is 2.53 bits per heavy atom. The molecule has 0 radical (unpaired) electrons. The first kappa shape index (κ1) is 24.6. The summed E-state index contributed by atoms with van der Waals surface area (Å²) in [5.41, 5.74) is 2.93. The van der Waals surface area contributed by atoms with Crippen molar-refractivity contribution in [2.24, 2.45) is 0 Å². The van der Waals surface area contributed by atoms with Gasteiger partial charge in [-0.2, -0.15) is 0 Å². The average molecular weight is 564 g/mol. The molecule has 0 bridgehead atoms. The Hall–Kier alpha value is -2.55. The van der Waals surface area contributed by atoms with E-state index in [1.807, 2.05) is 25.1 Å². The number of hydrogen-bond donors (Lipinski definition) is 0. The maximum absolute atomic E-state index is 13.9. The van der Waals surface area contributed by atoms with E-state index in [2.05, 4.69) is 15.9 Å². The standard InChI is InChI=1S/C25H24BrClN2O4S/c1-16-4-11-23(33-3)24(12-16)34(31,32)28(21-8-6-20(27)7-9-21)15-25(30)29-17(2)13-18-14-19(26)5-10-22(18)29/h4-12,14,17H,13,15H2,1-3H3/t17-/m1/s1. The molecule has 1 aliphatic heterocycles. The molecule has 0 unspecified atom stereocenters. The molecule has 0 spiro atoms. The second-order valence-corrected chi connectivity index (χ2v) is 11.4. The number of carbonyl (C=O) groups excluding carboxylic acids is 1. The van der Waals surface area contributed by atoms with Gasteiger partial charge in [-0.25, -0.2) is 8.42 Å². The SMILES string of the molecule is COc1ccc(C)cc1S(=O)(=O)N(CC(=O)N1c2ccc(Br)cc2C[C@H]1C)c1ccc(Cl)cc1. The van der Waals surface area contributed by atoms with Crippen LogP contribution in [0.1, 0.15) is 18.1 Å². The zero-order valence-corrected chi connectivity index (χ0v) is 22.1. The minimum Gasteiger partial charge on any atom is -0.495 e. The van der Waals surface area contributed by atoms with Crippen LogP contribution in [0.3, 0.4) is 0 Å². The molecular formula is C25H24BrClN2O4S. The molecule has 4 rings (SSSR count). The lowest BCUT2D eigenvalue weighted by Gasteiger charge is -2.29. The number of ether oxygens (including phenoxy) is 1. The molecule has 0 saturated carbocycles. The van der Waals surface area contributed by atoms with Gasteiger partial charge in [-0.05, 0) is 86.0 Å². The van der Waals surface area contributed by atoms with Gasteiger partial charge in [-0.3, -0.25) is 9.10 Å². The van der Waals surface area contributed by atoms with Gasteiger partial charge >= 0.3 is 0 Å². The topological polar surface area (TPSA) is 66.9 Å². The lowest BCUT2D eigenvalue weighted by Crippen LogP contribution is -2.45. The minimum absolute atomic E-state index is 0.00319. The first-order valence-corrected chi connectivity index (χ1v) is 13.3. The molecular weight excluding hydrogens is 540 g/mol. The monoisotopic (exact) mass is 562 g/mol. The molecule has 3 aromatic rings. The molecule has 0 saturated heterocycles. The molecule has 0 N–H and O–H groups in total. The third kappa shape index (κ3) is 4.67. The van der Waals surface area contributed by atoms with Gasteiger partial charge in [0.2, 0.25) is 5.91 Å². The smallest absolute Gasteiger partial charge is 0.268 e. The molecule has 1 amide bonds. The number of aryl methyl sites for hydroxylation is 1. The van der Waals surface area contributed by atoms with Gasteiger partial charge in [0, 0.05) is 21.2 Å². The van der Waals surface area contributed by atoms with Crippen molar-refractivity contribution in [1.82, 2.24) is 0 Å². The number of fused-ring (bicyclic) bond motifs is 1. The van der Waals surface area contributed by atoms with Crippen molar-refractivity contribution in [2.45, 2.75) is 31.2 Å². The van der Waals surface area contributed by atoms with Crippen molar-refractivity contribution >= 4 is 54.8 Å². The summed E-state index contributed by atoms with van der Waals surface area (Å²) >= 11 is 9.52. The number of halogens is 2. The van der Waals surface area contributed by atoms with Crippen LogP contribution in [0.15, 0.2) is 70.0 Å². The first-order chi connectivity index (χ1) is 16.1. The number of anilines is 2. The zero-order chi connectivity index (χ0) is 24.6. The number of carbonyl (C=O) groups is 1. The van der Waals surface area contributed by atoms with Crippen molar-refractivity contribution in [1.29, 1.82) is 0 Å². The summed E-state index contributed by atoms with van der Waals surface area (Å²) < 4.78 is 35.2. The summed E-state index contributed by atoms with van der Waals surface area (Å²) in [4.78, 5) is 15.3. The second-order valence-electron chi connectivity index (χ2n) is 8.23. The fourth-order valence-corrected chi connectivity index (χ4v) is 6.40. The number of hydrogen-bond acceptors (Lipinski definition) is 4. The van der Waals surface area contributed by atoms with Crippen LogP contribution in [0.25, 0.3) is 0 Å². The van der Waals surface area contributed by atoms with Gasteiger partial charge in [-0.1, -0.05) is 33.6 Å². The van der Waals surface area contributed by atoms with Crippen molar-refractivity contribution in [3.8, 4) is 5.75 Å². The van der Waals surface area contributed by atoms with Crippen molar-refractivity contribution in [2.75, 3.05) is 22.9 Å². The van der Waals surface area contributed by atoms with E-state index >= 15 is 0 Å². The third-order valence-electron chi connectivity index (χ3n) is 5.81. The lowest BCUT2D eigenvalue weighted by molar-refractivity contribution is -0.117. The summed E-state index contributed by atoms with van der Waals surface area (Å²) in [6, 6.07) is 17.0. The average Bonchev–Trinajstić information content (AvgIpc) is 3.12. The van der Waals surface area contributed by atoms with E-state index < -0.39 is 10.0 Å². The van der Waals surface area contributed by atoms with Crippen molar-refractivity contribution < 1.29 is 17.9 Å². The van der Waals surface area contributed by atoms with Gasteiger partial charge < -0.3 is 9.64 Å². The molecule has 6 nitrogen and oxygen atoms in total. The van der Waals surface area contributed by atoms with E-state index in [9.17, 15) is 13.2 Å². The highest BCUT2D eigenvalue weighted by Gasteiger charge is 2.36. The van der Waals surface area contributed by atoms with Crippen LogP contribution in [-0.4, -0.2) is 34.0 Å².